The van der Waals surface area contributed by atoms with Crippen LogP contribution in [0.4, 0.5) is 0 Å². The summed E-state index contributed by atoms with van der Waals surface area (Å²) in [7, 11) is 0. The Morgan fingerprint density at radius 3 is 2.04 bits per heavy atom. The minimum Gasteiger partial charge on any atom is -0.422 e. The van der Waals surface area contributed by atoms with Gasteiger partial charge in [0.2, 0.25) is 0 Å². The highest BCUT2D eigenvalue weighted by Crippen LogP contribution is 2.40. The van der Waals surface area contributed by atoms with Gasteiger partial charge in [-0.1, -0.05) is 37.4 Å². The number of rotatable bonds is 4. The molecule has 0 heterocycles. The van der Waals surface area contributed by atoms with Crippen molar-refractivity contribution >= 4 is 38.6 Å². The summed E-state index contributed by atoms with van der Waals surface area (Å²) >= 11 is 3.35. The summed E-state index contributed by atoms with van der Waals surface area (Å²) in [6, 6.07) is 8.75. The number of benzene rings is 2. The summed E-state index contributed by atoms with van der Waals surface area (Å²) in [6.45, 7) is 10.3. The normalized spacial score (nSPS) is 10.2. The fourth-order valence-corrected chi connectivity index (χ4v) is 2.34. The first-order chi connectivity index (χ1) is 10.8. The fourth-order valence-electron chi connectivity index (χ4n) is 1.84. The number of carbonyl (C=O) groups is 2. The summed E-state index contributed by atoms with van der Waals surface area (Å²) in [5.41, 5.74) is 0.585. The summed E-state index contributed by atoms with van der Waals surface area (Å²) in [4.78, 5) is 23.6. The van der Waals surface area contributed by atoms with Gasteiger partial charge in [-0.3, -0.25) is 0 Å². The number of hydrogen-bond acceptors (Lipinski definition) is 4. The maximum atomic E-state index is 11.8. The summed E-state index contributed by atoms with van der Waals surface area (Å²) < 4.78 is 11.2. The van der Waals surface area contributed by atoms with Gasteiger partial charge in [-0.2, -0.15) is 0 Å². The Morgan fingerprint density at radius 1 is 0.957 bits per heavy atom. The Morgan fingerprint density at radius 2 is 1.48 bits per heavy atom. The SMILES string of the molecule is C=C(C)C(=O)Oc1cc(Br)c(OC(=O)C(=C)C)c2ccccc12. The van der Waals surface area contributed by atoms with Gasteiger partial charge in [0.1, 0.15) is 5.75 Å². The fraction of sp³-hybridized carbons (Fsp3) is 0.111. The second-order valence-corrected chi connectivity index (χ2v) is 5.93. The second-order valence-electron chi connectivity index (χ2n) is 5.07. The Kier molecular flexibility index (Phi) is 5.01. The van der Waals surface area contributed by atoms with E-state index in [2.05, 4.69) is 29.1 Å². The maximum absolute atomic E-state index is 11.8. The number of fused-ring (bicyclic) bond motifs is 1. The van der Waals surface area contributed by atoms with Gasteiger partial charge in [0.05, 0.1) is 4.47 Å². The molecule has 0 unspecified atom stereocenters. The standard InChI is InChI=1S/C18H15BrO4/c1-10(2)17(20)22-15-9-14(19)16(23-18(21)11(3)4)13-8-6-5-7-12(13)15/h5-9H,1,3H2,2,4H3. The highest BCUT2D eigenvalue weighted by atomic mass is 79.9. The molecule has 2 aromatic carbocycles. The van der Waals surface area contributed by atoms with Crippen LogP contribution in [0.2, 0.25) is 0 Å². The van der Waals surface area contributed by atoms with Gasteiger partial charge in [0.25, 0.3) is 0 Å². The van der Waals surface area contributed by atoms with Crippen LogP contribution in [0.25, 0.3) is 10.8 Å². The number of ether oxygens (including phenoxy) is 2. The first kappa shape index (κ1) is 17.0. The molecule has 23 heavy (non-hydrogen) atoms. The summed E-state index contributed by atoms with van der Waals surface area (Å²) in [6.07, 6.45) is 0. The van der Waals surface area contributed by atoms with E-state index in [-0.39, 0.29) is 0 Å². The molecule has 0 aliphatic rings. The van der Waals surface area contributed by atoms with E-state index >= 15 is 0 Å². The van der Waals surface area contributed by atoms with E-state index < -0.39 is 11.9 Å². The lowest BCUT2D eigenvalue weighted by Gasteiger charge is -2.13. The third-order valence-corrected chi connectivity index (χ3v) is 3.60. The zero-order chi connectivity index (χ0) is 17.1. The Balaban J connectivity index is 2.58. The van der Waals surface area contributed by atoms with Crippen molar-refractivity contribution in [3.05, 3.63) is 59.1 Å². The molecule has 0 radical (unpaired) electrons. The predicted molar refractivity (Wildman–Crippen MR) is 92.5 cm³/mol. The molecule has 0 bridgehead atoms. The van der Waals surface area contributed by atoms with Crippen molar-refractivity contribution < 1.29 is 19.1 Å². The van der Waals surface area contributed by atoms with Crippen molar-refractivity contribution in [3.63, 3.8) is 0 Å². The number of carbonyl (C=O) groups excluding carboxylic acids is 2. The Hall–Kier alpha value is -2.40. The monoisotopic (exact) mass is 374 g/mol. The van der Waals surface area contributed by atoms with E-state index in [4.69, 9.17) is 9.47 Å². The van der Waals surface area contributed by atoms with E-state index in [1.165, 1.54) is 0 Å². The summed E-state index contributed by atoms with van der Waals surface area (Å²) in [5.74, 6) is -0.337. The molecular weight excluding hydrogens is 360 g/mol. The molecule has 2 aromatic rings. The van der Waals surface area contributed by atoms with Gasteiger partial charge < -0.3 is 9.47 Å². The smallest absolute Gasteiger partial charge is 0.338 e. The minimum atomic E-state index is -0.525. The van der Waals surface area contributed by atoms with Crippen LogP contribution in [-0.4, -0.2) is 11.9 Å². The molecule has 5 heteroatoms. The Bertz CT molecular complexity index is 836. The van der Waals surface area contributed by atoms with Crippen LogP contribution in [0, 0.1) is 0 Å². The quantitative estimate of drug-likeness (QED) is 0.447. The van der Waals surface area contributed by atoms with Crippen molar-refractivity contribution in [2.24, 2.45) is 0 Å². The van der Waals surface area contributed by atoms with Crippen LogP contribution in [0.15, 0.2) is 59.1 Å². The number of halogens is 1. The average molecular weight is 375 g/mol. The zero-order valence-corrected chi connectivity index (χ0v) is 14.4. The van der Waals surface area contributed by atoms with Crippen LogP contribution in [0.1, 0.15) is 13.8 Å². The molecule has 4 nitrogen and oxygen atoms in total. The predicted octanol–water partition coefficient (Wildman–Crippen LogP) is 4.57. The number of hydrogen-bond donors (Lipinski definition) is 0. The molecule has 118 valence electrons. The van der Waals surface area contributed by atoms with Gasteiger partial charge in [-0.25, -0.2) is 9.59 Å². The van der Waals surface area contributed by atoms with E-state index in [9.17, 15) is 9.59 Å². The van der Waals surface area contributed by atoms with Crippen LogP contribution < -0.4 is 9.47 Å². The van der Waals surface area contributed by atoms with E-state index in [0.29, 0.717) is 37.9 Å². The minimum absolute atomic E-state index is 0.291. The molecule has 0 aromatic heterocycles. The molecule has 0 atom stereocenters. The third-order valence-electron chi connectivity index (χ3n) is 3.01. The van der Waals surface area contributed by atoms with Crippen molar-refractivity contribution in [2.45, 2.75) is 13.8 Å². The van der Waals surface area contributed by atoms with Crippen LogP contribution in [-0.2, 0) is 9.59 Å². The lowest BCUT2D eigenvalue weighted by molar-refractivity contribution is -0.131. The van der Waals surface area contributed by atoms with E-state index in [0.717, 1.165) is 0 Å². The molecule has 2 rings (SSSR count). The molecule has 0 amide bonds. The topological polar surface area (TPSA) is 52.6 Å². The van der Waals surface area contributed by atoms with Crippen LogP contribution in [0.5, 0.6) is 11.5 Å². The van der Waals surface area contributed by atoms with Crippen LogP contribution >= 0.6 is 15.9 Å². The molecule has 0 N–H and O–H groups in total. The van der Waals surface area contributed by atoms with Gasteiger partial charge in [-0.15, -0.1) is 0 Å². The van der Waals surface area contributed by atoms with Gasteiger partial charge in [0.15, 0.2) is 5.75 Å². The van der Waals surface area contributed by atoms with E-state index in [1.54, 1.807) is 44.2 Å². The zero-order valence-electron chi connectivity index (χ0n) is 12.8. The lowest BCUT2D eigenvalue weighted by atomic mass is 10.1. The highest BCUT2D eigenvalue weighted by Gasteiger charge is 2.18. The van der Waals surface area contributed by atoms with Gasteiger partial charge in [0, 0.05) is 21.9 Å². The first-order valence-electron chi connectivity index (χ1n) is 6.78. The Labute approximate surface area is 142 Å². The van der Waals surface area contributed by atoms with Crippen molar-refractivity contribution in [2.75, 3.05) is 0 Å². The molecule has 0 aliphatic carbocycles. The van der Waals surface area contributed by atoms with Crippen molar-refractivity contribution in [3.8, 4) is 11.5 Å². The largest absolute Gasteiger partial charge is 0.422 e. The third kappa shape index (κ3) is 3.68. The van der Waals surface area contributed by atoms with Crippen molar-refractivity contribution in [1.29, 1.82) is 0 Å². The first-order valence-corrected chi connectivity index (χ1v) is 7.57. The number of esters is 2. The van der Waals surface area contributed by atoms with Crippen LogP contribution in [0.3, 0.4) is 0 Å². The average Bonchev–Trinajstić information content (AvgIpc) is 2.50. The molecule has 0 aliphatic heterocycles. The van der Waals surface area contributed by atoms with Gasteiger partial charge in [-0.05, 0) is 35.8 Å². The highest BCUT2D eigenvalue weighted by molar-refractivity contribution is 9.10. The maximum Gasteiger partial charge on any atom is 0.338 e. The van der Waals surface area contributed by atoms with E-state index in [1.807, 2.05) is 0 Å². The lowest BCUT2D eigenvalue weighted by Crippen LogP contribution is -2.11. The second kappa shape index (κ2) is 6.79. The molecule has 0 saturated carbocycles. The van der Waals surface area contributed by atoms with Crippen molar-refractivity contribution in [1.82, 2.24) is 0 Å². The molecule has 0 fully saturated rings. The van der Waals surface area contributed by atoms with Gasteiger partial charge >= 0.3 is 11.9 Å². The molecular formula is C18H15BrO4. The molecule has 0 saturated heterocycles. The molecule has 0 spiro atoms. The summed E-state index contributed by atoms with van der Waals surface area (Å²) in [5, 5.41) is 1.29.